The molecule has 0 radical (unpaired) electrons. The van der Waals surface area contributed by atoms with Crippen LogP contribution < -0.4 is 19.5 Å². The summed E-state index contributed by atoms with van der Waals surface area (Å²) < 4.78 is 18.5. The second-order valence-electron chi connectivity index (χ2n) is 7.91. The molecule has 5 rings (SSSR count). The number of anilines is 1. The number of rotatable bonds is 8. The van der Waals surface area contributed by atoms with Crippen molar-refractivity contribution in [3.63, 3.8) is 0 Å². The highest BCUT2D eigenvalue weighted by atomic mass is 16.5. The molecule has 34 heavy (non-hydrogen) atoms. The number of aromatic nitrogens is 3. The maximum absolute atomic E-state index is 5.60. The first-order valence-electron chi connectivity index (χ1n) is 11.0. The van der Waals surface area contributed by atoms with Crippen molar-refractivity contribution in [3.05, 3.63) is 89.7 Å². The van der Waals surface area contributed by atoms with Crippen LogP contribution in [0.25, 0.3) is 16.6 Å². The maximum atomic E-state index is 5.60. The predicted molar refractivity (Wildman–Crippen MR) is 133 cm³/mol. The zero-order valence-corrected chi connectivity index (χ0v) is 19.4. The van der Waals surface area contributed by atoms with Crippen LogP contribution in [-0.2, 0) is 13.0 Å². The fraction of sp³-hybridized carbons (Fsp3) is 0.185. The lowest BCUT2D eigenvalue weighted by Gasteiger charge is -2.14. The summed E-state index contributed by atoms with van der Waals surface area (Å²) in [6.45, 7) is 0.516. The van der Waals surface area contributed by atoms with Crippen molar-refractivity contribution in [2.75, 3.05) is 26.6 Å². The second kappa shape index (κ2) is 9.31. The minimum Gasteiger partial charge on any atom is -0.497 e. The van der Waals surface area contributed by atoms with Crippen molar-refractivity contribution in [3.8, 4) is 17.2 Å². The summed E-state index contributed by atoms with van der Waals surface area (Å²) in [4.78, 5) is 9.89. The number of hydrogen-bond acceptors (Lipinski definition) is 6. The Morgan fingerprint density at radius 2 is 1.65 bits per heavy atom. The van der Waals surface area contributed by atoms with E-state index < -0.39 is 0 Å². The average Bonchev–Trinajstić information content (AvgIpc) is 3.31. The Balaban J connectivity index is 1.58. The molecule has 1 N–H and O–H groups in total. The lowest BCUT2D eigenvalue weighted by atomic mass is 10.1. The fourth-order valence-corrected chi connectivity index (χ4v) is 4.11. The molecule has 0 aliphatic heterocycles. The first kappa shape index (κ1) is 21.6. The third kappa shape index (κ3) is 4.08. The van der Waals surface area contributed by atoms with Crippen molar-refractivity contribution in [2.24, 2.45) is 0 Å². The highest BCUT2D eigenvalue weighted by Gasteiger charge is 2.15. The molecule has 0 fully saturated rings. The van der Waals surface area contributed by atoms with E-state index in [1.165, 1.54) is 5.56 Å². The lowest BCUT2D eigenvalue weighted by Crippen LogP contribution is -2.08. The fourth-order valence-electron chi connectivity index (χ4n) is 4.11. The molecule has 0 atom stereocenters. The van der Waals surface area contributed by atoms with Crippen LogP contribution in [0.15, 0.2) is 72.9 Å². The SMILES string of the molecule is COc1ccc(CNc2nc3c(OC)cccc3c3nc(Cc4ccccc4)cn23)c(OC)c1. The van der Waals surface area contributed by atoms with Gasteiger partial charge in [0.15, 0.2) is 0 Å². The summed E-state index contributed by atoms with van der Waals surface area (Å²) in [5, 5.41) is 4.41. The third-order valence-corrected chi connectivity index (χ3v) is 5.82. The molecular weight excluding hydrogens is 428 g/mol. The number of benzene rings is 3. The molecule has 0 aliphatic carbocycles. The van der Waals surface area contributed by atoms with Gasteiger partial charge in [0.05, 0.1) is 27.0 Å². The number of methoxy groups -OCH3 is 3. The quantitative estimate of drug-likeness (QED) is 0.351. The van der Waals surface area contributed by atoms with Crippen molar-refractivity contribution in [1.29, 1.82) is 0 Å². The molecule has 7 nitrogen and oxygen atoms in total. The topological polar surface area (TPSA) is 69.9 Å². The van der Waals surface area contributed by atoms with Crippen molar-refractivity contribution < 1.29 is 14.2 Å². The molecule has 0 amide bonds. The first-order valence-corrected chi connectivity index (χ1v) is 11.0. The van der Waals surface area contributed by atoms with Gasteiger partial charge in [-0.3, -0.25) is 4.40 Å². The van der Waals surface area contributed by atoms with Gasteiger partial charge in [0.25, 0.3) is 0 Å². The number of hydrogen-bond donors (Lipinski definition) is 1. The molecular formula is C27H26N4O3. The lowest BCUT2D eigenvalue weighted by molar-refractivity contribution is 0.391. The summed E-state index contributed by atoms with van der Waals surface area (Å²) in [5.41, 5.74) is 4.76. The van der Waals surface area contributed by atoms with Crippen LogP contribution in [0.4, 0.5) is 5.95 Å². The van der Waals surface area contributed by atoms with Crippen LogP contribution in [0, 0.1) is 0 Å². The third-order valence-electron chi connectivity index (χ3n) is 5.82. The molecule has 0 aliphatic rings. The number of fused-ring (bicyclic) bond motifs is 3. The monoisotopic (exact) mass is 454 g/mol. The predicted octanol–water partition coefficient (Wildman–Crippen LogP) is 5.11. The van der Waals surface area contributed by atoms with Gasteiger partial charge in [-0.15, -0.1) is 0 Å². The molecule has 7 heteroatoms. The van der Waals surface area contributed by atoms with Crippen molar-refractivity contribution >= 4 is 22.5 Å². The van der Waals surface area contributed by atoms with Crippen LogP contribution in [0.2, 0.25) is 0 Å². The number of ether oxygens (including phenoxy) is 3. The normalized spacial score (nSPS) is 11.0. The van der Waals surface area contributed by atoms with Gasteiger partial charge in [-0.1, -0.05) is 36.4 Å². The maximum Gasteiger partial charge on any atom is 0.209 e. The molecule has 172 valence electrons. The summed E-state index contributed by atoms with van der Waals surface area (Å²) >= 11 is 0. The Kier molecular flexibility index (Phi) is 5.91. The summed E-state index contributed by atoms with van der Waals surface area (Å²) in [7, 11) is 4.95. The van der Waals surface area contributed by atoms with Gasteiger partial charge in [-0.25, -0.2) is 9.97 Å². The van der Waals surface area contributed by atoms with E-state index in [2.05, 4.69) is 17.4 Å². The zero-order valence-electron chi connectivity index (χ0n) is 19.4. The molecule has 0 bridgehead atoms. The van der Waals surface area contributed by atoms with E-state index in [4.69, 9.17) is 24.2 Å². The molecule has 0 unspecified atom stereocenters. The van der Waals surface area contributed by atoms with Crippen LogP contribution in [0.5, 0.6) is 17.2 Å². The number of para-hydroxylation sites is 1. The Labute approximate surface area is 197 Å². The van der Waals surface area contributed by atoms with E-state index in [0.29, 0.717) is 18.2 Å². The average molecular weight is 455 g/mol. The van der Waals surface area contributed by atoms with Gasteiger partial charge >= 0.3 is 0 Å². The van der Waals surface area contributed by atoms with Crippen molar-refractivity contribution in [2.45, 2.75) is 13.0 Å². The van der Waals surface area contributed by atoms with Gasteiger partial charge in [-0.2, -0.15) is 0 Å². The van der Waals surface area contributed by atoms with E-state index in [-0.39, 0.29) is 0 Å². The van der Waals surface area contributed by atoms with E-state index in [1.54, 1.807) is 21.3 Å². The standard InChI is InChI=1S/C27H26N4O3/c1-32-21-13-12-19(24(15-21)34-3)16-28-27-30-25-22(10-7-11-23(25)33-2)26-29-20(17-31(26)27)14-18-8-5-4-6-9-18/h4-13,15,17H,14,16H2,1-3H3,(H,28,30). The van der Waals surface area contributed by atoms with E-state index in [9.17, 15) is 0 Å². The molecule has 2 aromatic heterocycles. The van der Waals surface area contributed by atoms with Crippen LogP contribution in [-0.4, -0.2) is 35.7 Å². The highest BCUT2D eigenvalue weighted by molar-refractivity contribution is 5.96. The molecule has 0 saturated carbocycles. The summed E-state index contributed by atoms with van der Waals surface area (Å²) in [5.74, 6) is 2.88. The van der Waals surface area contributed by atoms with Gasteiger partial charge < -0.3 is 19.5 Å². The zero-order chi connectivity index (χ0) is 23.5. The van der Waals surface area contributed by atoms with E-state index >= 15 is 0 Å². The van der Waals surface area contributed by atoms with Crippen LogP contribution >= 0.6 is 0 Å². The smallest absolute Gasteiger partial charge is 0.209 e. The minimum atomic E-state index is 0.516. The van der Waals surface area contributed by atoms with Crippen LogP contribution in [0.1, 0.15) is 16.8 Å². The molecule has 0 saturated heterocycles. The van der Waals surface area contributed by atoms with Gasteiger partial charge in [-0.05, 0) is 29.8 Å². The Hall–Kier alpha value is -4.26. The largest absolute Gasteiger partial charge is 0.497 e. The van der Waals surface area contributed by atoms with E-state index in [0.717, 1.165) is 45.7 Å². The van der Waals surface area contributed by atoms with Crippen molar-refractivity contribution in [1.82, 2.24) is 14.4 Å². The van der Waals surface area contributed by atoms with Gasteiger partial charge in [0.2, 0.25) is 5.95 Å². The van der Waals surface area contributed by atoms with Gasteiger partial charge in [0.1, 0.15) is 28.4 Å². The summed E-state index contributed by atoms with van der Waals surface area (Å²) in [6.07, 6.45) is 2.78. The Bertz CT molecular complexity index is 1450. The Morgan fingerprint density at radius 3 is 2.41 bits per heavy atom. The number of nitrogens with zero attached hydrogens (tertiary/aromatic N) is 3. The summed E-state index contributed by atoms with van der Waals surface area (Å²) in [6, 6.07) is 22.0. The molecule has 5 aromatic rings. The van der Waals surface area contributed by atoms with Crippen LogP contribution in [0.3, 0.4) is 0 Å². The molecule has 0 spiro atoms. The second-order valence-corrected chi connectivity index (χ2v) is 7.91. The molecule has 3 aromatic carbocycles. The Morgan fingerprint density at radius 1 is 0.824 bits per heavy atom. The van der Waals surface area contributed by atoms with Gasteiger partial charge in [0, 0.05) is 36.2 Å². The highest BCUT2D eigenvalue weighted by Crippen LogP contribution is 2.30. The minimum absolute atomic E-state index is 0.516. The van der Waals surface area contributed by atoms with E-state index in [1.807, 2.05) is 65.2 Å². The first-order chi connectivity index (χ1) is 16.7. The molecule has 2 heterocycles. The number of nitrogens with one attached hydrogen (secondary N) is 1. The number of imidazole rings is 1.